The molecule has 4 rings (SSSR count). The summed E-state index contributed by atoms with van der Waals surface area (Å²) in [4.78, 5) is 13.6. The first-order valence-electron chi connectivity index (χ1n) is 9.76. The molecule has 2 aliphatic rings. The van der Waals surface area contributed by atoms with Crippen molar-refractivity contribution in [3.63, 3.8) is 0 Å². The van der Waals surface area contributed by atoms with E-state index in [0.717, 1.165) is 50.8 Å². The molecule has 138 valence electrons. The number of ether oxygens (including phenoxy) is 1. The lowest BCUT2D eigenvalue weighted by atomic mass is 10.1. The zero-order valence-corrected chi connectivity index (χ0v) is 15.6. The van der Waals surface area contributed by atoms with Gasteiger partial charge in [0.1, 0.15) is 12.4 Å². The Kier molecular flexibility index (Phi) is 5.46. The molecule has 1 saturated heterocycles. The van der Waals surface area contributed by atoms with E-state index in [1.54, 1.807) is 12.4 Å². The third-order valence-electron chi connectivity index (χ3n) is 5.71. The van der Waals surface area contributed by atoms with Gasteiger partial charge in [-0.2, -0.15) is 0 Å². The SMILES string of the molecule is C[C@@H](c1cnccn1)N1CCN(CCOc2ccc3c(c2)CCC3)CC1. The quantitative estimate of drug-likeness (QED) is 0.800. The standard InChI is InChI=1S/C21H28N4O/c1-17(21-16-22-7-8-23-21)25-11-9-24(10-12-25)13-14-26-20-6-5-18-3-2-4-19(18)15-20/h5-8,15-17H,2-4,9-14H2,1H3/t17-/m0/s1. The highest BCUT2D eigenvalue weighted by Crippen LogP contribution is 2.26. The Bertz CT molecular complexity index is 713. The first kappa shape index (κ1) is 17.4. The predicted molar refractivity (Wildman–Crippen MR) is 102 cm³/mol. The van der Waals surface area contributed by atoms with Gasteiger partial charge in [-0.25, -0.2) is 0 Å². The van der Waals surface area contributed by atoms with Gasteiger partial charge in [0.25, 0.3) is 0 Å². The van der Waals surface area contributed by atoms with Crippen LogP contribution in [0.4, 0.5) is 0 Å². The minimum Gasteiger partial charge on any atom is -0.492 e. The molecule has 5 heteroatoms. The van der Waals surface area contributed by atoms with E-state index < -0.39 is 0 Å². The van der Waals surface area contributed by atoms with Gasteiger partial charge in [-0.3, -0.25) is 19.8 Å². The van der Waals surface area contributed by atoms with E-state index in [2.05, 4.69) is 44.9 Å². The molecule has 5 nitrogen and oxygen atoms in total. The van der Waals surface area contributed by atoms with Crippen LogP contribution in [0.3, 0.4) is 0 Å². The molecule has 0 N–H and O–H groups in total. The number of aryl methyl sites for hydroxylation is 2. The van der Waals surface area contributed by atoms with Crippen LogP contribution in [0.1, 0.15) is 36.2 Å². The molecule has 1 atom stereocenters. The number of hydrogen-bond donors (Lipinski definition) is 0. The van der Waals surface area contributed by atoms with Crippen molar-refractivity contribution in [2.75, 3.05) is 39.3 Å². The second-order valence-corrected chi connectivity index (χ2v) is 7.32. The van der Waals surface area contributed by atoms with E-state index in [9.17, 15) is 0 Å². The second-order valence-electron chi connectivity index (χ2n) is 7.32. The minimum absolute atomic E-state index is 0.327. The lowest BCUT2D eigenvalue weighted by Crippen LogP contribution is -2.48. The maximum Gasteiger partial charge on any atom is 0.119 e. The summed E-state index contributed by atoms with van der Waals surface area (Å²) in [6.07, 6.45) is 9.11. The van der Waals surface area contributed by atoms with Gasteiger partial charge in [-0.15, -0.1) is 0 Å². The van der Waals surface area contributed by atoms with Crippen molar-refractivity contribution in [2.24, 2.45) is 0 Å². The summed E-state index contributed by atoms with van der Waals surface area (Å²) in [5.74, 6) is 1.03. The van der Waals surface area contributed by atoms with Crippen LogP contribution in [-0.4, -0.2) is 59.1 Å². The Hall–Kier alpha value is -1.98. The summed E-state index contributed by atoms with van der Waals surface area (Å²) in [5.41, 5.74) is 4.04. The monoisotopic (exact) mass is 352 g/mol. The van der Waals surface area contributed by atoms with Crippen LogP contribution in [0.5, 0.6) is 5.75 Å². The molecule has 1 aromatic heterocycles. The van der Waals surface area contributed by atoms with Gasteiger partial charge in [0.15, 0.2) is 0 Å². The highest BCUT2D eigenvalue weighted by molar-refractivity contribution is 5.38. The first-order chi connectivity index (χ1) is 12.8. The molecule has 0 radical (unpaired) electrons. The number of hydrogen-bond acceptors (Lipinski definition) is 5. The number of rotatable bonds is 6. The molecule has 0 bridgehead atoms. The van der Waals surface area contributed by atoms with Gasteiger partial charge < -0.3 is 4.74 Å². The molecular formula is C21H28N4O. The molecule has 2 aromatic rings. The highest BCUT2D eigenvalue weighted by atomic mass is 16.5. The van der Waals surface area contributed by atoms with Crippen molar-refractivity contribution in [2.45, 2.75) is 32.2 Å². The predicted octanol–water partition coefficient (Wildman–Crippen LogP) is 2.72. The fraction of sp³-hybridized carbons (Fsp3) is 0.524. The molecule has 2 heterocycles. The van der Waals surface area contributed by atoms with Gasteiger partial charge in [-0.1, -0.05) is 6.07 Å². The topological polar surface area (TPSA) is 41.5 Å². The van der Waals surface area contributed by atoms with Gasteiger partial charge in [-0.05, 0) is 49.4 Å². The molecule has 1 aromatic carbocycles. The van der Waals surface area contributed by atoms with Gasteiger partial charge in [0, 0.05) is 51.3 Å². The molecule has 1 aliphatic heterocycles. The number of aromatic nitrogens is 2. The van der Waals surface area contributed by atoms with Crippen LogP contribution in [-0.2, 0) is 12.8 Å². The van der Waals surface area contributed by atoms with Crippen molar-refractivity contribution < 1.29 is 4.74 Å². The molecular weight excluding hydrogens is 324 g/mol. The second kappa shape index (κ2) is 8.14. The average molecular weight is 352 g/mol. The summed E-state index contributed by atoms with van der Waals surface area (Å²) in [7, 11) is 0. The Labute approximate surface area is 156 Å². The normalized spacial score (nSPS) is 19.3. The Balaban J connectivity index is 1.21. The molecule has 26 heavy (non-hydrogen) atoms. The number of fused-ring (bicyclic) bond motifs is 1. The fourth-order valence-corrected chi connectivity index (χ4v) is 4.02. The Morgan fingerprint density at radius 1 is 1.08 bits per heavy atom. The molecule has 0 spiro atoms. The van der Waals surface area contributed by atoms with Crippen LogP contribution < -0.4 is 4.74 Å². The number of nitrogens with zero attached hydrogens (tertiary/aromatic N) is 4. The van der Waals surface area contributed by atoms with Crippen LogP contribution in [0, 0.1) is 0 Å². The van der Waals surface area contributed by atoms with E-state index in [1.165, 1.54) is 30.4 Å². The molecule has 0 saturated carbocycles. The highest BCUT2D eigenvalue weighted by Gasteiger charge is 2.22. The van der Waals surface area contributed by atoms with Crippen LogP contribution in [0.2, 0.25) is 0 Å². The molecule has 1 aliphatic carbocycles. The number of benzene rings is 1. The van der Waals surface area contributed by atoms with Crippen molar-refractivity contribution >= 4 is 0 Å². The zero-order chi connectivity index (χ0) is 17.8. The van der Waals surface area contributed by atoms with E-state index in [-0.39, 0.29) is 0 Å². The zero-order valence-electron chi connectivity index (χ0n) is 15.6. The van der Waals surface area contributed by atoms with Crippen LogP contribution >= 0.6 is 0 Å². The summed E-state index contributed by atoms with van der Waals surface area (Å²) < 4.78 is 6.00. The molecule has 1 fully saturated rings. The van der Waals surface area contributed by atoms with Crippen molar-refractivity contribution in [1.82, 2.24) is 19.8 Å². The van der Waals surface area contributed by atoms with Crippen molar-refractivity contribution in [3.8, 4) is 5.75 Å². The molecule has 0 amide bonds. The smallest absolute Gasteiger partial charge is 0.119 e. The third-order valence-corrected chi connectivity index (χ3v) is 5.71. The number of piperazine rings is 1. The first-order valence-corrected chi connectivity index (χ1v) is 9.76. The fourth-order valence-electron chi connectivity index (χ4n) is 4.02. The van der Waals surface area contributed by atoms with E-state index in [4.69, 9.17) is 4.74 Å². The largest absolute Gasteiger partial charge is 0.492 e. The minimum atomic E-state index is 0.327. The summed E-state index contributed by atoms with van der Waals surface area (Å²) in [6.45, 7) is 8.27. The van der Waals surface area contributed by atoms with Gasteiger partial charge in [0.05, 0.1) is 11.7 Å². The summed E-state index contributed by atoms with van der Waals surface area (Å²) >= 11 is 0. The lowest BCUT2D eigenvalue weighted by Gasteiger charge is -2.37. The maximum atomic E-state index is 6.00. The van der Waals surface area contributed by atoms with E-state index in [0.29, 0.717) is 6.04 Å². The van der Waals surface area contributed by atoms with Crippen LogP contribution in [0.15, 0.2) is 36.8 Å². The van der Waals surface area contributed by atoms with Gasteiger partial charge in [0.2, 0.25) is 0 Å². The summed E-state index contributed by atoms with van der Waals surface area (Å²) in [5, 5.41) is 0. The Morgan fingerprint density at radius 3 is 2.73 bits per heavy atom. The van der Waals surface area contributed by atoms with Crippen LogP contribution in [0.25, 0.3) is 0 Å². The maximum absolute atomic E-state index is 6.00. The summed E-state index contributed by atoms with van der Waals surface area (Å²) in [6, 6.07) is 6.94. The Morgan fingerprint density at radius 2 is 1.92 bits per heavy atom. The van der Waals surface area contributed by atoms with Crippen molar-refractivity contribution in [1.29, 1.82) is 0 Å². The average Bonchev–Trinajstić information content (AvgIpc) is 3.16. The third kappa shape index (κ3) is 4.05. The van der Waals surface area contributed by atoms with E-state index >= 15 is 0 Å². The van der Waals surface area contributed by atoms with Crippen molar-refractivity contribution in [3.05, 3.63) is 53.6 Å². The van der Waals surface area contributed by atoms with E-state index in [1.807, 2.05) is 6.20 Å². The lowest BCUT2D eigenvalue weighted by molar-refractivity contribution is 0.0903. The van der Waals surface area contributed by atoms with Gasteiger partial charge >= 0.3 is 0 Å². The molecule has 0 unspecified atom stereocenters.